The molecule has 23 heavy (non-hydrogen) atoms. The van der Waals surface area contributed by atoms with Crippen molar-refractivity contribution in [3.63, 3.8) is 0 Å². The highest BCUT2D eigenvalue weighted by atomic mass is 79.9. The van der Waals surface area contributed by atoms with Crippen LogP contribution < -0.4 is 10.1 Å². The van der Waals surface area contributed by atoms with Crippen LogP contribution in [0.15, 0.2) is 45.3 Å². The minimum absolute atomic E-state index is 0. The predicted octanol–water partition coefficient (Wildman–Crippen LogP) is 5.50. The summed E-state index contributed by atoms with van der Waals surface area (Å²) < 4.78 is 20.9. The van der Waals surface area contributed by atoms with E-state index >= 15 is 0 Å². The van der Waals surface area contributed by atoms with Gasteiger partial charge in [-0.25, -0.2) is 4.39 Å². The summed E-state index contributed by atoms with van der Waals surface area (Å²) in [4.78, 5) is 0. The van der Waals surface area contributed by atoms with Crippen molar-refractivity contribution < 1.29 is 9.13 Å². The maximum atomic E-state index is 13.5. The molecule has 0 unspecified atom stereocenters. The van der Waals surface area contributed by atoms with E-state index in [0.717, 1.165) is 38.9 Å². The molecule has 126 valence electrons. The number of nitrogens with one attached hydrogen (secondary N) is 1. The van der Waals surface area contributed by atoms with Crippen molar-refractivity contribution >= 4 is 44.3 Å². The highest BCUT2D eigenvalue weighted by molar-refractivity contribution is 9.11. The second-order valence-corrected chi connectivity index (χ2v) is 6.55. The van der Waals surface area contributed by atoms with E-state index < -0.39 is 0 Å². The van der Waals surface area contributed by atoms with Crippen LogP contribution in [-0.4, -0.2) is 13.2 Å². The van der Waals surface area contributed by atoms with E-state index in [1.807, 2.05) is 31.2 Å². The molecular formula is C17H19Br2ClFNO. The molecule has 1 N–H and O–H groups in total. The topological polar surface area (TPSA) is 21.3 Å². The molecule has 0 heterocycles. The Balaban J connectivity index is 0.00000264. The van der Waals surface area contributed by atoms with Gasteiger partial charge >= 0.3 is 0 Å². The Hall–Kier alpha value is -0.620. The van der Waals surface area contributed by atoms with Crippen LogP contribution in [-0.2, 0) is 13.0 Å². The first kappa shape index (κ1) is 20.4. The number of benzene rings is 2. The minimum atomic E-state index is -0.143. The van der Waals surface area contributed by atoms with Crippen LogP contribution in [0.25, 0.3) is 0 Å². The van der Waals surface area contributed by atoms with Gasteiger partial charge in [-0.15, -0.1) is 12.4 Å². The molecule has 2 nitrogen and oxygen atoms in total. The number of hydrogen-bond donors (Lipinski definition) is 1. The number of rotatable bonds is 7. The van der Waals surface area contributed by atoms with Gasteiger partial charge in [0.05, 0.1) is 15.6 Å². The molecule has 0 fully saturated rings. The molecule has 2 rings (SSSR count). The third-order valence-corrected chi connectivity index (χ3v) is 4.38. The molecule has 0 saturated carbocycles. The fourth-order valence-corrected chi connectivity index (χ4v) is 3.66. The molecule has 0 aromatic heterocycles. The van der Waals surface area contributed by atoms with Gasteiger partial charge in [0.15, 0.2) is 0 Å². The number of halogens is 4. The van der Waals surface area contributed by atoms with Crippen LogP contribution in [0.4, 0.5) is 4.39 Å². The second kappa shape index (κ2) is 10.3. The summed E-state index contributed by atoms with van der Waals surface area (Å²) >= 11 is 7.04. The number of ether oxygens (including phenoxy) is 1. The van der Waals surface area contributed by atoms with E-state index in [2.05, 4.69) is 37.2 Å². The fraction of sp³-hybridized carbons (Fsp3) is 0.294. The molecule has 0 radical (unpaired) electrons. The van der Waals surface area contributed by atoms with Gasteiger partial charge in [-0.2, -0.15) is 0 Å². The zero-order chi connectivity index (χ0) is 15.9. The van der Waals surface area contributed by atoms with Crippen molar-refractivity contribution in [3.05, 3.63) is 62.3 Å². The summed E-state index contributed by atoms with van der Waals surface area (Å²) in [6.07, 6.45) is 0.673. The van der Waals surface area contributed by atoms with Crippen LogP contribution >= 0.6 is 44.3 Å². The maximum Gasteiger partial charge on any atom is 0.147 e. The van der Waals surface area contributed by atoms with Gasteiger partial charge in [0.25, 0.3) is 0 Å². The summed E-state index contributed by atoms with van der Waals surface area (Å²) in [5.41, 5.74) is 1.87. The molecule has 6 heteroatoms. The zero-order valence-corrected chi connectivity index (χ0v) is 16.7. The lowest BCUT2D eigenvalue weighted by Gasteiger charge is -2.11. The van der Waals surface area contributed by atoms with E-state index in [1.54, 1.807) is 6.07 Å². The Bertz CT molecular complexity index is 617. The van der Waals surface area contributed by atoms with Gasteiger partial charge in [0.2, 0.25) is 0 Å². The predicted molar refractivity (Wildman–Crippen MR) is 102 cm³/mol. The summed E-state index contributed by atoms with van der Waals surface area (Å²) in [7, 11) is 0. The van der Waals surface area contributed by atoms with E-state index in [1.165, 1.54) is 6.07 Å². The SMILES string of the molecule is CCOc1c(Br)cc(CNCCc2ccccc2F)cc1Br.Cl. The molecule has 0 atom stereocenters. The first-order valence-corrected chi connectivity index (χ1v) is 8.75. The molecule has 0 amide bonds. The zero-order valence-electron chi connectivity index (χ0n) is 12.7. The molecule has 2 aromatic carbocycles. The van der Waals surface area contributed by atoms with Gasteiger partial charge in [0, 0.05) is 6.54 Å². The third kappa shape index (κ3) is 6.07. The standard InChI is InChI=1S/C17H18Br2FNO.ClH/c1-2-22-17-14(18)9-12(10-15(17)19)11-21-8-7-13-5-3-4-6-16(13)20;/h3-6,9-10,21H,2,7-8,11H2,1H3;1H. The smallest absolute Gasteiger partial charge is 0.147 e. The Kier molecular flexibility index (Phi) is 9.14. The molecule has 0 spiro atoms. The summed E-state index contributed by atoms with van der Waals surface area (Å²) in [6.45, 7) is 4.02. The molecule has 0 bridgehead atoms. The average Bonchev–Trinajstić information content (AvgIpc) is 2.49. The first-order chi connectivity index (χ1) is 10.6. The first-order valence-electron chi connectivity index (χ1n) is 7.16. The Morgan fingerprint density at radius 3 is 2.39 bits per heavy atom. The Morgan fingerprint density at radius 2 is 1.78 bits per heavy atom. The monoisotopic (exact) mass is 465 g/mol. The number of hydrogen-bond acceptors (Lipinski definition) is 2. The van der Waals surface area contributed by atoms with Gasteiger partial charge < -0.3 is 10.1 Å². The second-order valence-electron chi connectivity index (χ2n) is 4.84. The Morgan fingerprint density at radius 1 is 1.13 bits per heavy atom. The molecular weight excluding hydrogens is 448 g/mol. The van der Waals surface area contributed by atoms with Crippen LogP contribution in [0.2, 0.25) is 0 Å². The molecule has 2 aromatic rings. The van der Waals surface area contributed by atoms with E-state index in [0.29, 0.717) is 13.0 Å². The van der Waals surface area contributed by atoms with E-state index in [-0.39, 0.29) is 18.2 Å². The van der Waals surface area contributed by atoms with E-state index in [4.69, 9.17) is 4.74 Å². The summed E-state index contributed by atoms with van der Waals surface area (Å²) in [6, 6.07) is 11.0. The van der Waals surface area contributed by atoms with Crippen molar-refractivity contribution in [1.29, 1.82) is 0 Å². The minimum Gasteiger partial charge on any atom is -0.492 e. The van der Waals surface area contributed by atoms with Crippen LogP contribution in [0.3, 0.4) is 0 Å². The van der Waals surface area contributed by atoms with Crippen molar-refractivity contribution in [1.82, 2.24) is 5.32 Å². The molecule has 0 aliphatic carbocycles. The van der Waals surface area contributed by atoms with Gasteiger partial charge in [-0.1, -0.05) is 18.2 Å². The van der Waals surface area contributed by atoms with Crippen LogP contribution in [0, 0.1) is 5.82 Å². The Labute approximate surface area is 159 Å². The molecule has 0 aliphatic rings. The lowest BCUT2D eigenvalue weighted by molar-refractivity contribution is 0.336. The fourth-order valence-electron chi connectivity index (χ4n) is 2.15. The van der Waals surface area contributed by atoms with E-state index in [9.17, 15) is 4.39 Å². The van der Waals surface area contributed by atoms with Crippen molar-refractivity contribution in [3.8, 4) is 5.75 Å². The summed E-state index contributed by atoms with van der Waals surface area (Å²) in [5, 5.41) is 3.33. The summed E-state index contributed by atoms with van der Waals surface area (Å²) in [5.74, 6) is 0.675. The lowest BCUT2D eigenvalue weighted by atomic mass is 10.1. The largest absolute Gasteiger partial charge is 0.492 e. The van der Waals surface area contributed by atoms with Crippen molar-refractivity contribution in [2.24, 2.45) is 0 Å². The normalized spacial score (nSPS) is 10.3. The van der Waals surface area contributed by atoms with Crippen LogP contribution in [0.5, 0.6) is 5.75 Å². The van der Waals surface area contributed by atoms with Crippen molar-refractivity contribution in [2.45, 2.75) is 19.9 Å². The van der Waals surface area contributed by atoms with Gasteiger partial charge in [-0.3, -0.25) is 0 Å². The highest BCUT2D eigenvalue weighted by Gasteiger charge is 2.08. The van der Waals surface area contributed by atoms with Crippen molar-refractivity contribution in [2.75, 3.05) is 13.2 Å². The highest BCUT2D eigenvalue weighted by Crippen LogP contribution is 2.34. The molecule has 0 aliphatic heterocycles. The third-order valence-electron chi connectivity index (χ3n) is 3.20. The van der Waals surface area contributed by atoms with Gasteiger partial charge in [-0.05, 0) is 81.1 Å². The van der Waals surface area contributed by atoms with Gasteiger partial charge in [0.1, 0.15) is 11.6 Å². The average molecular weight is 468 g/mol. The maximum absolute atomic E-state index is 13.5. The quantitative estimate of drug-likeness (QED) is 0.543. The molecule has 0 saturated heterocycles. The lowest BCUT2D eigenvalue weighted by Crippen LogP contribution is -2.17. The van der Waals surface area contributed by atoms with Crippen LogP contribution in [0.1, 0.15) is 18.1 Å².